The van der Waals surface area contributed by atoms with E-state index in [9.17, 15) is 22.8 Å². The summed E-state index contributed by atoms with van der Waals surface area (Å²) >= 11 is 0. The minimum Gasteiger partial charge on any atom is -0.494 e. The second-order valence-electron chi connectivity index (χ2n) is 11.5. The molecule has 11 nitrogen and oxygen atoms in total. The van der Waals surface area contributed by atoms with Gasteiger partial charge in [-0.05, 0) is 105 Å². The van der Waals surface area contributed by atoms with Crippen molar-refractivity contribution in [2.24, 2.45) is 5.10 Å². The van der Waals surface area contributed by atoms with Crippen molar-refractivity contribution in [3.63, 3.8) is 0 Å². The minimum absolute atomic E-state index is 0.0661. The molecule has 3 N–H and O–H groups in total. The molecule has 0 aromatic heterocycles. The number of rotatable bonds is 11. The summed E-state index contributed by atoms with van der Waals surface area (Å²) in [4.78, 5) is 40.2. The number of amidine groups is 1. The van der Waals surface area contributed by atoms with Gasteiger partial charge in [0.05, 0.1) is 22.9 Å². The average molecular weight is 668 g/mol. The fourth-order valence-electron chi connectivity index (χ4n) is 5.22. The third-order valence-electron chi connectivity index (χ3n) is 7.97. The number of aryl methyl sites for hydroxylation is 2. The first-order valence-corrected chi connectivity index (χ1v) is 17.0. The number of amides is 3. The molecular formula is C36H37N5O6S. The number of nitrogens with one attached hydrogen (secondary N) is 3. The highest BCUT2D eigenvalue weighted by molar-refractivity contribution is 7.91. The fourth-order valence-corrected chi connectivity index (χ4v) is 6.66. The zero-order valence-corrected chi connectivity index (χ0v) is 27.9. The van der Waals surface area contributed by atoms with Gasteiger partial charge < -0.3 is 20.7 Å². The van der Waals surface area contributed by atoms with Gasteiger partial charge in [-0.3, -0.25) is 14.4 Å². The van der Waals surface area contributed by atoms with E-state index in [0.717, 1.165) is 21.7 Å². The lowest BCUT2D eigenvalue weighted by atomic mass is 10.1. The molecule has 1 atom stereocenters. The molecule has 3 amide bonds. The molecule has 0 saturated heterocycles. The zero-order chi connectivity index (χ0) is 34.5. The number of hydrazone groups is 1. The van der Waals surface area contributed by atoms with Crippen LogP contribution in [0.1, 0.15) is 40.4 Å². The number of para-hydroxylation sites is 2. The number of benzene rings is 4. The zero-order valence-electron chi connectivity index (χ0n) is 27.1. The number of hydrogen-bond donors (Lipinski definition) is 3. The van der Waals surface area contributed by atoms with Crippen molar-refractivity contribution in [2.75, 3.05) is 22.7 Å². The van der Waals surface area contributed by atoms with Crippen molar-refractivity contribution < 1.29 is 27.5 Å². The van der Waals surface area contributed by atoms with Crippen LogP contribution in [0, 0.1) is 20.8 Å². The SMILES string of the molecule is CC(=O)NC1(Nc2ccccc2)C(=O)N(c2ccccc2)N=C1NC(=O)c1ccc(OCCCS(=O)(=O)c2cc(C)c(C)c(C)c2)cc1. The van der Waals surface area contributed by atoms with Crippen LogP contribution in [-0.4, -0.2) is 50.0 Å². The third kappa shape index (κ3) is 7.39. The Balaban J connectivity index is 1.29. The molecule has 4 aromatic carbocycles. The van der Waals surface area contributed by atoms with Crippen LogP contribution < -0.4 is 25.7 Å². The van der Waals surface area contributed by atoms with E-state index < -0.39 is 33.2 Å². The largest absolute Gasteiger partial charge is 0.494 e. The molecule has 0 saturated carbocycles. The van der Waals surface area contributed by atoms with Gasteiger partial charge in [-0.15, -0.1) is 5.10 Å². The molecule has 1 heterocycles. The second-order valence-corrected chi connectivity index (χ2v) is 13.6. The van der Waals surface area contributed by atoms with Crippen molar-refractivity contribution in [3.05, 3.63) is 119 Å². The third-order valence-corrected chi connectivity index (χ3v) is 9.75. The van der Waals surface area contributed by atoms with Crippen LogP contribution in [-0.2, 0) is 19.4 Å². The Labute approximate surface area is 279 Å². The number of sulfone groups is 1. The van der Waals surface area contributed by atoms with E-state index in [0.29, 0.717) is 22.0 Å². The molecule has 5 rings (SSSR count). The average Bonchev–Trinajstić information content (AvgIpc) is 3.32. The predicted octanol–water partition coefficient (Wildman–Crippen LogP) is 4.89. The maximum absolute atomic E-state index is 14.0. The first kappa shape index (κ1) is 33.9. The van der Waals surface area contributed by atoms with E-state index in [4.69, 9.17) is 4.74 Å². The van der Waals surface area contributed by atoms with Gasteiger partial charge in [0.2, 0.25) is 5.91 Å². The van der Waals surface area contributed by atoms with Crippen LogP contribution in [0.3, 0.4) is 0 Å². The summed E-state index contributed by atoms with van der Waals surface area (Å²) in [6.07, 6.45) is 0.280. The summed E-state index contributed by atoms with van der Waals surface area (Å²) in [6, 6.07) is 27.1. The molecule has 248 valence electrons. The van der Waals surface area contributed by atoms with Gasteiger partial charge in [0, 0.05) is 18.2 Å². The minimum atomic E-state index is -3.47. The Morgan fingerprint density at radius 3 is 2.08 bits per heavy atom. The molecule has 1 aliphatic rings. The van der Waals surface area contributed by atoms with E-state index in [1.165, 1.54) is 19.1 Å². The van der Waals surface area contributed by atoms with Crippen molar-refractivity contribution in [2.45, 2.75) is 44.7 Å². The highest BCUT2D eigenvalue weighted by Crippen LogP contribution is 2.28. The van der Waals surface area contributed by atoms with Crippen molar-refractivity contribution in [1.82, 2.24) is 10.6 Å². The van der Waals surface area contributed by atoms with Gasteiger partial charge in [-0.2, -0.15) is 5.01 Å². The quantitative estimate of drug-likeness (QED) is 0.153. The molecule has 0 radical (unpaired) electrons. The number of anilines is 2. The number of carbonyl (C=O) groups is 3. The van der Waals surface area contributed by atoms with Crippen LogP contribution in [0.15, 0.2) is 107 Å². The molecule has 12 heteroatoms. The molecule has 0 bridgehead atoms. The van der Waals surface area contributed by atoms with E-state index >= 15 is 0 Å². The molecule has 1 aliphatic heterocycles. The number of carbonyl (C=O) groups excluding carboxylic acids is 3. The summed E-state index contributed by atoms with van der Waals surface area (Å²) in [5.41, 5.74) is 2.20. The highest BCUT2D eigenvalue weighted by Gasteiger charge is 2.54. The summed E-state index contributed by atoms with van der Waals surface area (Å²) in [5, 5.41) is 14.0. The first-order valence-electron chi connectivity index (χ1n) is 15.3. The lowest BCUT2D eigenvalue weighted by Crippen LogP contribution is -2.67. The Morgan fingerprint density at radius 1 is 0.875 bits per heavy atom. The van der Waals surface area contributed by atoms with Gasteiger partial charge in [0.25, 0.3) is 11.6 Å². The summed E-state index contributed by atoms with van der Waals surface area (Å²) in [6.45, 7) is 7.19. The van der Waals surface area contributed by atoms with Gasteiger partial charge in [-0.25, -0.2) is 8.42 Å². The molecule has 0 fully saturated rings. The molecule has 0 aliphatic carbocycles. The lowest BCUT2D eigenvalue weighted by Gasteiger charge is -2.31. The number of ether oxygens (including phenoxy) is 1. The monoisotopic (exact) mass is 667 g/mol. The summed E-state index contributed by atoms with van der Waals surface area (Å²) in [5.74, 6) is -1.47. The molecule has 48 heavy (non-hydrogen) atoms. The van der Waals surface area contributed by atoms with Crippen LogP contribution in [0.25, 0.3) is 0 Å². The van der Waals surface area contributed by atoms with Crippen LogP contribution >= 0.6 is 0 Å². The fraction of sp³-hybridized carbons (Fsp3) is 0.222. The number of hydrogen-bond acceptors (Lipinski definition) is 8. The Bertz CT molecular complexity index is 1940. The second kappa shape index (κ2) is 14.1. The van der Waals surface area contributed by atoms with Crippen molar-refractivity contribution in [1.29, 1.82) is 0 Å². The molecule has 1 unspecified atom stereocenters. The molecular weight excluding hydrogens is 630 g/mol. The van der Waals surface area contributed by atoms with E-state index in [1.807, 2.05) is 26.8 Å². The van der Waals surface area contributed by atoms with E-state index in [1.54, 1.807) is 78.9 Å². The van der Waals surface area contributed by atoms with Crippen molar-refractivity contribution >= 4 is 44.8 Å². The Morgan fingerprint density at radius 2 is 1.48 bits per heavy atom. The van der Waals surface area contributed by atoms with Gasteiger partial charge >= 0.3 is 5.91 Å². The van der Waals surface area contributed by atoms with Crippen LogP contribution in [0.2, 0.25) is 0 Å². The number of nitrogens with zero attached hydrogens (tertiary/aromatic N) is 2. The normalized spacial score (nSPS) is 15.9. The maximum Gasteiger partial charge on any atom is 0.302 e. The molecule has 4 aromatic rings. The first-order chi connectivity index (χ1) is 22.9. The Hall–Kier alpha value is -5.49. The highest BCUT2D eigenvalue weighted by atomic mass is 32.2. The van der Waals surface area contributed by atoms with E-state index in [2.05, 4.69) is 21.1 Å². The summed E-state index contributed by atoms with van der Waals surface area (Å²) in [7, 11) is -3.47. The van der Waals surface area contributed by atoms with Crippen LogP contribution in [0.5, 0.6) is 5.75 Å². The molecule has 0 spiro atoms. The maximum atomic E-state index is 14.0. The lowest BCUT2D eigenvalue weighted by molar-refractivity contribution is -0.127. The topological polar surface area (TPSA) is 146 Å². The standard InChI is InChI=1S/C36H37N5O6S/c1-24-22-32(23-25(2)26(24)3)48(45,46)21-11-20-47-31-18-16-28(17-19-31)33(43)37-34-36(38-27(4)42,39-29-12-7-5-8-13-29)35(44)41(40-34)30-14-9-6-10-15-30/h5-10,12-19,22-23,39H,11,20-21H2,1-4H3,(H,38,42)(H,37,40,43). The van der Waals surface area contributed by atoms with Gasteiger partial charge in [0.15, 0.2) is 15.7 Å². The summed E-state index contributed by atoms with van der Waals surface area (Å²) < 4.78 is 31.5. The van der Waals surface area contributed by atoms with Crippen LogP contribution in [0.4, 0.5) is 11.4 Å². The van der Waals surface area contributed by atoms with Gasteiger partial charge in [0.1, 0.15) is 5.75 Å². The van der Waals surface area contributed by atoms with Crippen molar-refractivity contribution in [3.8, 4) is 5.75 Å². The van der Waals surface area contributed by atoms with E-state index in [-0.39, 0.29) is 30.2 Å². The predicted molar refractivity (Wildman–Crippen MR) is 185 cm³/mol. The van der Waals surface area contributed by atoms with Gasteiger partial charge in [-0.1, -0.05) is 36.4 Å². The smallest absolute Gasteiger partial charge is 0.302 e. The Kier molecular flexibility index (Phi) is 9.95.